The molecule has 0 aromatic heterocycles. The summed E-state index contributed by atoms with van der Waals surface area (Å²) in [5.74, 6) is 1.96. The molecule has 4 saturated heterocycles. The molecule has 4 aliphatic rings. The Morgan fingerprint density at radius 2 is 1.38 bits per heavy atom. The number of piperidine rings is 2. The molecule has 0 spiro atoms. The van der Waals surface area contributed by atoms with Crippen LogP contribution in [0.1, 0.15) is 84.5 Å². The summed E-state index contributed by atoms with van der Waals surface area (Å²) in [7, 11) is 0. The zero-order valence-corrected chi connectivity index (χ0v) is 21.4. The first-order valence-electron chi connectivity index (χ1n) is 13.7. The van der Waals surface area contributed by atoms with E-state index in [2.05, 4.69) is 29.3 Å². The van der Waals surface area contributed by atoms with E-state index in [0.29, 0.717) is 0 Å². The predicted molar refractivity (Wildman–Crippen MR) is 132 cm³/mol. The molecule has 9 heteroatoms. The molecule has 4 rings (SSSR count). The Hall–Kier alpha value is -1.00. The zero-order valence-electron chi connectivity index (χ0n) is 21.4. The molecule has 4 heterocycles. The third-order valence-electron chi connectivity index (χ3n) is 7.27. The average molecular weight is 488 g/mol. The van der Waals surface area contributed by atoms with Crippen molar-refractivity contribution in [3.8, 4) is 0 Å². The molecule has 200 valence electrons. The van der Waals surface area contributed by atoms with Gasteiger partial charge in [-0.1, -0.05) is 71.6 Å². The van der Waals surface area contributed by atoms with Gasteiger partial charge in [-0.15, -0.1) is 10.1 Å². The molecule has 34 heavy (non-hydrogen) atoms. The van der Waals surface area contributed by atoms with E-state index < -0.39 is 29.5 Å². The summed E-state index contributed by atoms with van der Waals surface area (Å²) in [6.45, 7) is 9.78. The van der Waals surface area contributed by atoms with Crippen LogP contribution in [0.4, 0.5) is 0 Å². The number of nitrogens with zero attached hydrogens (tertiary/aromatic N) is 1. The molecule has 0 radical (unpaired) electrons. The van der Waals surface area contributed by atoms with Gasteiger partial charge in [0.1, 0.15) is 18.3 Å². The molecular formula is C25H49N3O6. The van der Waals surface area contributed by atoms with E-state index in [1.54, 1.807) is 0 Å². The van der Waals surface area contributed by atoms with Gasteiger partial charge < -0.3 is 30.1 Å². The number of aliphatic hydroxyl groups is 1. The molecule has 0 bridgehead atoms. The third-order valence-corrected chi connectivity index (χ3v) is 7.27. The number of aliphatic hydroxyl groups excluding tert-OH is 1. The number of rotatable bonds is 10. The first-order chi connectivity index (χ1) is 16.6. The Bertz CT molecular complexity index is 507. The van der Waals surface area contributed by atoms with Crippen LogP contribution in [-0.4, -0.2) is 74.0 Å². The van der Waals surface area contributed by atoms with E-state index in [1.807, 2.05) is 0 Å². The fourth-order valence-corrected chi connectivity index (χ4v) is 5.20. The molecule has 9 nitrogen and oxygen atoms in total. The highest BCUT2D eigenvalue weighted by Gasteiger charge is 2.48. The van der Waals surface area contributed by atoms with Crippen LogP contribution < -0.4 is 10.6 Å². The van der Waals surface area contributed by atoms with Crippen LogP contribution in [0.3, 0.4) is 0 Å². The molecule has 4 fully saturated rings. The van der Waals surface area contributed by atoms with E-state index in [0.717, 1.165) is 11.8 Å². The van der Waals surface area contributed by atoms with Crippen LogP contribution in [-0.2, 0) is 14.3 Å². The Labute approximate surface area is 205 Å². The summed E-state index contributed by atoms with van der Waals surface area (Å²) in [6, 6.07) is 0. The lowest BCUT2D eigenvalue weighted by atomic mass is 9.82. The number of hydrogen-bond donors (Lipinski definition) is 3. The Morgan fingerprint density at radius 3 is 1.88 bits per heavy atom. The lowest BCUT2D eigenvalue weighted by Gasteiger charge is -2.36. The second-order valence-corrected chi connectivity index (χ2v) is 10.0. The van der Waals surface area contributed by atoms with Gasteiger partial charge in [0.05, 0.1) is 13.2 Å². The maximum absolute atomic E-state index is 10.0. The first-order valence-corrected chi connectivity index (χ1v) is 13.7. The van der Waals surface area contributed by atoms with E-state index in [-0.39, 0.29) is 13.2 Å². The average Bonchev–Trinajstić information content (AvgIpc) is 3.42. The predicted octanol–water partition coefficient (Wildman–Crippen LogP) is 3.46. The van der Waals surface area contributed by atoms with Gasteiger partial charge >= 0.3 is 0 Å². The van der Waals surface area contributed by atoms with Crippen LogP contribution in [0, 0.1) is 22.0 Å². The van der Waals surface area contributed by atoms with Gasteiger partial charge in [-0.3, -0.25) is 0 Å². The van der Waals surface area contributed by atoms with Crippen molar-refractivity contribution in [2.24, 2.45) is 11.8 Å². The van der Waals surface area contributed by atoms with Crippen molar-refractivity contribution in [3.63, 3.8) is 0 Å². The fraction of sp³-hybridized carbons (Fsp3) is 1.00. The van der Waals surface area contributed by atoms with Crippen LogP contribution in [0.5, 0.6) is 0 Å². The van der Waals surface area contributed by atoms with Crippen molar-refractivity contribution in [2.45, 2.75) is 109 Å². The number of unbranched alkanes of at least 4 members (excludes halogenated alkanes) is 8. The monoisotopic (exact) mass is 487 g/mol. The maximum atomic E-state index is 10.0. The zero-order chi connectivity index (χ0) is 24.6. The van der Waals surface area contributed by atoms with Gasteiger partial charge in [-0.05, 0) is 50.9 Å². The Balaban J connectivity index is 0.000000182. The second-order valence-electron chi connectivity index (χ2n) is 10.0. The van der Waals surface area contributed by atoms with Gasteiger partial charge in [-0.2, -0.15) is 0 Å². The summed E-state index contributed by atoms with van der Waals surface area (Å²) in [5, 5.41) is 25.3. The molecule has 3 N–H and O–H groups in total. The number of ether oxygens (including phenoxy) is 2. The lowest BCUT2D eigenvalue weighted by Crippen LogP contribution is -2.46. The normalized spacial score (nSPS) is 31.9. The summed E-state index contributed by atoms with van der Waals surface area (Å²) < 4.78 is 10.2. The summed E-state index contributed by atoms with van der Waals surface area (Å²) in [4.78, 5) is 14.4. The minimum Gasteiger partial charge on any atom is -0.388 e. The van der Waals surface area contributed by atoms with Gasteiger partial charge in [0.2, 0.25) is 0 Å². The highest BCUT2D eigenvalue weighted by atomic mass is 17.0. The van der Waals surface area contributed by atoms with Crippen molar-refractivity contribution in [2.75, 3.05) is 39.4 Å². The maximum Gasteiger partial charge on any atom is 0.294 e. The van der Waals surface area contributed by atoms with Gasteiger partial charge in [0.15, 0.2) is 6.10 Å². The quantitative estimate of drug-likeness (QED) is 0.244. The van der Waals surface area contributed by atoms with Gasteiger partial charge in [0.25, 0.3) is 5.09 Å². The lowest BCUT2D eigenvalue weighted by molar-refractivity contribution is -0.769. The summed E-state index contributed by atoms with van der Waals surface area (Å²) >= 11 is 0. The smallest absolute Gasteiger partial charge is 0.294 e. The van der Waals surface area contributed by atoms with E-state index in [9.17, 15) is 15.2 Å². The molecule has 0 saturated carbocycles. The number of hydrogen-bond acceptors (Lipinski definition) is 8. The molecular weight excluding hydrogens is 438 g/mol. The van der Waals surface area contributed by atoms with Crippen molar-refractivity contribution in [1.29, 1.82) is 0 Å². The molecule has 0 aromatic rings. The topological polar surface area (TPSA) is 115 Å². The Kier molecular flexibility index (Phi) is 15.0. The SMILES string of the molecule is C1CC2CCNCC2CN1.CCCCCCCCCCC.O=[N+]([O-])O[C@@H]1CO[C@H]2[C@@H]1OC[C@@H]2O. The van der Waals surface area contributed by atoms with E-state index >= 15 is 0 Å². The molecule has 0 amide bonds. The number of nitrogens with one attached hydrogen (secondary N) is 2. The highest BCUT2D eigenvalue weighted by Crippen LogP contribution is 2.28. The van der Waals surface area contributed by atoms with Crippen molar-refractivity contribution < 1.29 is 24.5 Å². The second kappa shape index (κ2) is 17.4. The fourth-order valence-electron chi connectivity index (χ4n) is 5.20. The van der Waals surface area contributed by atoms with Crippen LogP contribution in [0.2, 0.25) is 0 Å². The molecule has 0 aromatic carbocycles. The third kappa shape index (κ3) is 10.7. The van der Waals surface area contributed by atoms with Crippen molar-refractivity contribution in [1.82, 2.24) is 10.6 Å². The van der Waals surface area contributed by atoms with Crippen LogP contribution in [0.25, 0.3) is 0 Å². The van der Waals surface area contributed by atoms with Crippen molar-refractivity contribution in [3.05, 3.63) is 10.1 Å². The molecule has 4 atom stereocenters. The molecule has 0 unspecified atom stereocenters. The van der Waals surface area contributed by atoms with Crippen molar-refractivity contribution >= 4 is 0 Å². The highest BCUT2D eigenvalue weighted by molar-refractivity contribution is 4.94. The van der Waals surface area contributed by atoms with Crippen LogP contribution >= 0.6 is 0 Å². The summed E-state index contributed by atoms with van der Waals surface area (Å²) in [5.41, 5.74) is 0. The van der Waals surface area contributed by atoms with Gasteiger partial charge in [-0.25, -0.2) is 0 Å². The minimum absolute atomic E-state index is 0.0906. The first kappa shape index (κ1) is 29.2. The van der Waals surface area contributed by atoms with E-state index in [4.69, 9.17) is 9.47 Å². The Morgan fingerprint density at radius 1 is 0.853 bits per heavy atom. The number of fused-ring (bicyclic) bond motifs is 2. The molecule has 0 aliphatic carbocycles. The summed E-state index contributed by atoms with van der Waals surface area (Å²) in [6.07, 6.45) is 13.4. The molecule has 4 aliphatic heterocycles. The largest absolute Gasteiger partial charge is 0.388 e. The van der Waals surface area contributed by atoms with Crippen LogP contribution in [0.15, 0.2) is 0 Å². The van der Waals surface area contributed by atoms with Gasteiger partial charge in [0, 0.05) is 0 Å². The standard InChI is InChI=1S/C11H24.C8H16N2.C6H9NO6/c1-3-5-7-9-11-10-8-6-4-2;1-3-9-5-8-6-10-4-2-7(1)8;8-3-1-11-6-4(13-7(9)10)2-12-5(3)6/h3-11H2,1-2H3;7-10H,1-6H2;3-6,8H,1-2H2/t;;3-,4+,5+,6+/m..0/s1. The van der Waals surface area contributed by atoms with E-state index in [1.165, 1.54) is 96.8 Å². The minimum atomic E-state index is -0.871.